The van der Waals surface area contributed by atoms with Gasteiger partial charge in [0.2, 0.25) is 11.8 Å². The minimum atomic E-state index is -7.94. The van der Waals surface area contributed by atoms with Gasteiger partial charge in [-0.05, 0) is 12.8 Å². The van der Waals surface area contributed by atoms with Crippen LogP contribution >= 0.6 is 0 Å². The molecule has 0 rings (SSSR count). The van der Waals surface area contributed by atoms with Crippen molar-refractivity contribution in [1.82, 2.24) is 9.80 Å². The largest absolute Gasteiger partial charge is 0.459 e. The van der Waals surface area contributed by atoms with Crippen LogP contribution in [0.4, 0.5) is 52.7 Å². The Morgan fingerprint density at radius 2 is 0.720 bits per heavy atom. The van der Waals surface area contributed by atoms with Gasteiger partial charge in [0.25, 0.3) is 0 Å². The van der Waals surface area contributed by atoms with Crippen LogP contribution in [0.3, 0.4) is 0 Å². The van der Waals surface area contributed by atoms with Gasteiger partial charge in [-0.1, -0.05) is 24.3 Å². The minimum Gasteiger partial charge on any atom is -0.459 e. The van der Waals surface area contributed by atoms with Crippen molar-refractivity contribution < 1.29 is 81.3 Å². The first-order valence-corrected chi connectivity index (χ1v) is 14.4. The predicted molar refractivity (Wildman–Crippen MR) is 153 cm³/mol. The van der Waals surface area contributed by atoms with Gasteiger partial charge in [0.15, 0.2) is 13.2 Å². The monoisotopic (exact) mass is 748 g/mol. The molecule has 8 nitrogen and oxygen atoms in total. The molecule has 286 valence electrons. The van der Waals surface area contributed by atoms with Crippen LogP contribution in [0.5, 0.6) is 0 Å². The molecule has 0 heterocycles. The van der Waals surface area contributed by atoms with Crippen LogP contribution in [0.15, 0.2) is 50.6 Å². The molecule has 0 aromatic heterocycles. The number of amides is 2. The summed E-state index contributed by atoms with van der Waals surface area (Å²) in [7, 11) is 0. The zero-order chi connectivity index (χ0) is 39.2. The van der Waals surface area contributed by atoms with Crippen LogP contribution in [0.1, 0.15) is 38.5 Å². The van der Waals surface area contributed by atoms with Gasteiger partial charge in [-0.2, -0.15) is 52.7 Å². The van der Waals surface area contributed by atoms with Gasteiger partial charge in [0, 0.05) is 51.9 Å². The van der Waals surface area contributed by atoms with Gasteiger partial charge in [0.05, 0.1) is 0 Å². The maximum Gasteiger partial charge on any atom is 0.384 e. The van der Waals surface area contributed by atoms with Crippen LogP contribution in [0.25, 0.3) is 0 Å². The summed E-state index contributed by atoms with van der Waals surface area (Å²) in [5.41, 5.74) is 0. The molecule has 0 aromatic rings. The Morgan fingerprint density at radius 3 is 0.960 bits per heavy atom. The summed E-state index contributed by atoms with van der Waals surface area (Å²) in [5.74, 6) is -49.0. The molecular formula is C30H36F12N2O6. The van der Waals surface area contributed by atoms with Crippen LogP contribution < -0.4 is 0 Å². The second-order valence-electron chi connectivity index (χ2n) is 10.5. The lowest BCUT2D eigenvalue weighted by atomic mass is 9.91. The Bertz CT molecular complexity index is 1110. The highest BCUT2D eigenvalue weighted by atomic mass is 19.4. The zero-order valence-corrected chi connectivity index (χ0v) is 26.5. The molecule has 0 N–H and O–H groups in total. The third kappa shape index (κ3) is 11.3. The lowest BCUT2D eigenvalue weighted by molar-refractivity contribution is -0.428. The summed E-state index contributed by atoms with van der Waals surface area (Å²) in [4.78, 5) is 49.8. The topological polar surface area (TPSA) is 93.2 Å². The Hall–Kier alpha value is -4.00. The van der Waals surface area contributed by atoms with Crippen molar-refractivity contribution >= 4 is 23.8 Å². The van der Waals surface area contributed by atoms with Gasteiger partial charge < -0.3 is 19.3 Å². The predicted octanol–water partition coefficient (Wildman–Crippen LogP) is 6.63. The molecule has 20 heteroatoms. The molecule has 0 aliphatic heterocycles. The second kappa shape index (κ2) is 18.8. The van der Waals surface area contributed by atoms with Gasteiger partial charge in [-0.15, -0.1) is 26.3 Å². The van der Waals surface area contributed by atoms with Gasteiger partial charge in [-0.25, -0.2) is 0 Å². The number of rotatable bonds is 25. The molecule has 50 heavy (non-hydrogen) atoms. The van der Waals surface area contributed by atoms with E-state index >= 15 is 0 Å². The molecule has 0 saturated heterocycles. The van der Waals surface area contributed by atoms with Crippen molar-refractivity contribution in [2.75, 3.05) is 39.4 Å². The molecule has 0 atom stereocenters. The highest BCUT2D eigenvalue weighted by molar-refractivity contribution is 5.78. The third-order valence-electron chi connectivity index (χ3n) is 6.58. The molecule has 0 radical (unpaired) electrons. The summed E-state index contributed by atoms with van der Waals surface area (Å²) >= 11 is 0. The fourth-order valence-corrected chi connectivity index (χ4v) is 3.79. The summed E-state index contributed by atoms with van der Waals surface area (Å²) in [6.07, 6.45) is 1.54. The Morgan fingerprint density at radius 1 is 0.460 bits per heavy atom. The maximum atomic E-state index is 14.2. The number of alkyl halides is 12. The standard InChI is InChI=1S/C30H36F12N2O6/c1-5-15-43(16-6-2)21(45)11-9-13-23(47)49-19-25(31,32)27(35,36)29(39,40)30(41,42)28(37,38)26(33,34)20-50-24(48)14-10-12-22(46)44(17-7-3)18-8-4/h5-8H,1-4,9-20H2. The summed E-state index contributed by atoms with van der Waals surface area (Å²) in [6.45, 7) is 7.52. The summed E-state index contributed by atoms with van der Waals surface area (Å²) in [5, 5.41) is 0. The number of hydrogen-bond acceptors (Lipinski definition) is 6. The minimum absolute atomic E-state index is 0.0295. The fourth-order valence-electron chi connectivity index (χ4n) is 3.79. The van der Waals surface area contributed by atoms with Crippen LogP contribution in [0, 0.1) is 0 Å². The van der Waals surface area contributed by atoms with E-state index in [1.165, 1.54) is 34.1 Å². The molecule has 0 aliphatic rings. The van der Waals surface area contributed by atoms with Gasteiger partial charge >= 0.3 is 47.5 Å². The number of esters is 2. The Kier molecular flexibility index (Phi) is 17.3. The number of ether oxygens (including phenoxy) is 2. The van der Waals surface area contributed by atoms with Crippen LogP contribution in [-0.4, -0.2) is 108 Å². The van der Waals surface area contributed by atoms with E-state index in [1.54, 1.807) is 0 Å². The van der Waals surface area contributed by atoms with E-state index in [-0.39, 0.29) is 26.2 Å². The van der Waals surface area contributed by atoms with Crippen LogP contribution in [0.2, 0.25) is 0 Å². The van der Waals surface area contributed by atoms with E-state index in [9.17, 15) is 71.9 Å². The fraction of sp³-hybridized carbons (Fsp3) is 0.600. The average molecular weight is 749 g/mol. The smallest absolute Gasteiger partial charge is 0.384 e. The molecule has 0 aromatic carbocycles. The van der Waals surface area contributed by atoms with Gasteiger partial charge in [0.1, 0.15) is 0 Å². The molecular weight excluding hydrogens is 712 g/mol. The second-order valence-corrected chi connectivity index (χ2v) is 10.5. The van der Waals surface area contributed by atoms with E-state index in [2.05, 4.69) is 35.8 Å². The highest BCUT2D eigenvalue weighted by Gasteiger charge is 2.90. The number of carbonyl (C=O) groups excluding carboxylic acids is 4. The van der Waals surface area contributed by atoms with Crippen molar-refractivity contribution in [3.63, 3.8) is 0 Å². The lowest BCUT2D eigenvalue weighted by Crippen LogP contribution is -2.71. The van der Waals surface area contributed by atoms with E-state index in [1.807, 2.05) is 0 Å². The van der Waals surface area contributed by atoms with Crippen molar-refractivity contribution in [2.45, 2.75) is 74.1 Å². The molecule has 0 fully saturated rings. The number of nitrogens with zero attached hydrogens (tertiary/aromatic N) is 2. The van der Waals surface area contributed by atoms with Gasteiger partial charge in [-0.3, -0.25) is 19.2 Å². The first kappa shape index (κ1) is 46.0. The maximum absolute atomic E-state index is 14.2. The van der Waals surface area contributed by atoms with Crippen LogP contribution in [-0.2, 0) is 28.7 Å². The number of halogens is 12. The quantitative estimate of drug-likeness (QED) is 0.0592. The zero-order valence-electron chi connectivity index (χ0n) is 26.5. The number of carbonyl (C=O) groups is 4. The van der Waals surface area contributed by atoms with Crippen molar-refractivity contribution in [3.05, 3.63) is 50.6 Å². The highest BCUT2D eigenvalue weighted by Crippen LogP contribution is 2.60. The molecule has 0 saturated carbocycles. The van der Waals surface area contributed by atoms with E-state index in [0.717, 1.165) is 0 Å². The molecule has 2 amide bonds. The lowest BCUT2D eigenvalue weighted by Gasteiger charge is -2.41. The Labute approximate surface area is 279 Å². The van der Waals surface area contributed by atoms with Crippen molar-refractivity contribution in [3.8, 4) is 0 Å². The number of hydrogen-bond donors (Lipinski definition) is 0. The van der Waals surface area contributed by atoms with Crippen molar-refractivity contribution in [1.29, 1.82) is 0 Å². The normalized spacial score (nSPS) is 12.8. The van der Waals surface area contributed by atoms with E-state index in [4.69, 9.17) is 0 Å². The SMILES string of the molecule is C=CCN(CC=C)C(=O)CCCC(=O)OCC(F)(F)C(F)(F)C(F)(F)C(F)(F)C(F)(F)C(F)(F)COC(=O)CCCC(=O)N(CC=C)CC=C. The summed E-state index contributed by atoms with van der Waals surface area (Å²) < 4.78 is 177. The molecule has 0 unspecified atom stereocenters. The van der Waals surface area contributed by atoms with E-state index in [0.29, 0.717) is 0 Å². The first-order chi connectivity index (χ1) is 22.8. The Balaban J connectivity index is 5.52. The molecule has 0 bridgehead atoms. The molecule has 0 spiro atoms. The average Bonchev–Trinajstić information content (AvgIpc) is 3.02. The first-order valence-electron chi connectivity index (χ1n) is 14.4. The third-order valence-corrected chi connectivity index (χ3v) is 6.58. The summed E-state index contributed by atoms with van der Waals surface area (Å²) in [6, 6.07) is 0. The van der Waals surface area contributed by atoms with Crippen molar-refractivity contribution in [2.24, 2.45) is 0 Å². The van der Waals surface area contributed by atoms with E-state index < -0.39 is 111 Å². The molecule has 0 aliphatic carbocycles.